The molecule has 2 aromatic rings. The summed E-state index contributed by atoms with van der Waals surface area (Å²) in [5.41, 5.74) is 0. The molecule has 0 aliphatic heterocycles. The molecule has 0 spiro atoms. The number of fused-ring (bicyclic) bond motifs is 1. The van der Waals surface area contributed by atoms with E-state index in [1.165, 1.54) is 11.3 Å². The van der Waals surface area contributed by atoms with E-state index in [0.29, 0.717) is 10.6 Å². The number of benzene rings is 1. The smallest absolute Gasteiger partial charge is 0.139 e. The number of hydrogen-bond donors (Lipinski definition) is 2. The van der Waals surface area contributed by atoms with Gasteiger partial charge in [-0.2, -0.15) is 0 Å². The summed E-state index contributed by atoms with van der Waals surface area (Å²) in [5, 5.41) is 19.4. The van der Waals surface area contributed by atoms with Gasteiger partial charge >= 0.3 is 0 Å². The van der Waals surface area contributed by atoms with Crippen LogP contribution in [0.5, 0.6) is 11.5 Å². The van der Waals surface area contributed by atoms with Crippen LogP contribution in [0.2, 0.25) is 0 Å². The lowest BCUT2D eigenvalue weighted by molar-refractivity contribution is 0.280. The first-order valence-corrected chi connectivity index (χ1v) is 4.97. The Morgan fingerprint density at radius 3 is 2.86 bits per heavy atom. The first-order valence-electron chi connectivity index (χ1n) is 4.15. The van der Waals surface area contributed by atoms with E-state index in [1.807, 2.05) is 12.1 Å². The number of aliphatic hydroxyl groups is 1. The molecule has 0 amide bonds. The van der Waals surface area contributed by atoms with E-state index in [9.17, 15) is 5.11 Å². The molecule has 0 radical (unpaired) electrons. The molecule has 1 aromatic carbocycles. The van der Waals surface area contributed by atoms with Crippen molar-refractivity contribution in [1.29, 1.82) is 0 Å². The van der Waals surface area contributed by atoms with E-state index in [4.69, 9.17) is 9.84 Å². The van der Waals surface area contributed by atoms with Gasteiger partial charge in [-0.05, 0) is 18.2 Å². The van der Waals surface area contributed by atoms with Crippen molar-refractivity contribution in [3.63, 3.8) is 0 Å². The second kappa shape index (κ2) is 3.48. The molecule has 4 heteroatoms. The highest BCUT2D eigenvalue weighted by molar-refractivity contribution is 7.19. The van der Waals surface area contributed by atoms with Crippen LogP contribution in [-0.2, 0) is 6.61 Å². The summed E-state index contributed by atoms with van der Waals surface area (Å²) in [6.07, 6.45) is 0. The number of methoxy groups -OCH3 is 1. The Bertz CT molecular complexity index is 462. The van der Waals surface area contributed by atoms with E-state index in [0.717, 1.165) is 10.1 Å². The second-order valence-corrected chi connectivity index (χ2v) is 4.03. The minimum Gasteiger partial charge on any atom is -0.506 e. The molecule has 0 atom stereocenters. The number of aromatic hydroxyl groups is 1. The Balaban J connectivity index is 2.68. The number of hydrogen-bond acceptors (Lipinski definition) is 4. The minimum absolute atomic E-state index is 0.131. The highest BCUT2D eigenvalue weighted by atomic mass is 32.1. The molecule has 0 saturated heterocycles. The Morgan fingerprint density at radius 1 is 1.43 bits per heavy atom. The Kier molecular flexibility index (Phi) is 2.31. The molecular weight excluding hydrogens is 200 g/mol. The molecule has 74 valence electrons. The third kappa shape index (κ3) is 1.32. The van der Waals surface area contributed by atoms with Crippen molar-refractivity contribution in [2.75, 3.05) is 7.11 Å². The molecule has 0 aliphatic carbocycles. The monoisotopic (exact) mass is 210 g/mol. The lowest BCUT2D eigenvalue weighted by Crippen LogP contribution is -1.80. The fourth-order valence-electron chi connectivity index (χ4n) is 1.35. The van der Waals surface area contributed by atoms with Crippen LogP contribution < -0.4 is 4.74 Å². The minimum atomic E-state index is -0.131. The zero-order valence-corrected chi connectivity index (χ0v) is 8.47. The molecule has 0 bridgehead atoms. The van der Waals surface area contributed by atoms with Gasteiger partial charge in [0.15, 0.2) is 0 Å². The Morgan fingerprint density at radius 2 is 2.21 bits per heavy atom. The van der Waals surface area contributed by atoms with Crippen molar-refractivity contribution < 1.29 is 14.9 Å². The van der Waals surface area contributed by atoms with Crippen LogP contribution in [-0.4, -0.2) is 17.3 Å². The summed E-state index contributed by atoms with van der Waals surface area (Å²) in [5.74, 6) is 0.862. The summed E-state index contributed by atoms with van der Waals surface area (Å²) in [6.45, 7) is -0.131. The van der Waals surface area contributed by atoms with Crippen molar-refractivity contribution in [3.05, 3.63) is 23.1 Å². The topological polar surface area (TPSA) is 49.7 Å². The van der Waals surface area contributed by atoms with Gasteiger partial charge in [-0.3, -0.25) is 0 Å². The lowest BCUT2D eigenvalue weighted by atomic mass is 10.2. The van der Waals surface area contributed by atoms with E-state index >= 15 is 0 Å². The third-order valence-corrected chi connectivity index (χ3v) is 3.23. The number of thiophene rings is 1. The van der Waals surface area contributed by atoms with Crippen LogP contribution in [0.15, 0.2) is 18.2 Å². The van der Waals surface area contributed by atoms with Crippen LogP contribution in [0.1, 0.15) is 4.88 Å². The summed E-state index contributed by atoms with van der Waals surface area (Å²) >= 11 is 1.39. The maximum Gasteiger partial charge on any atom is 0.139 e. The fraction of sp³-hybridized carbons (Fsp3) is 0.200. The molecule has 2 rings (SSSR count). The van der Waals surface area contributed by atoms with E-state index in [1.54, 1.807) is 13.2 Å². The predicted molar refractivity (Wildman–Crippen MR) is 56.0 cm³/mol. The quantitative estimate of drug-likeness (QED) is 0.798. The zero-order chi connectivity index (χ0) is 10.1. The normalized spacial score (nSPS) is 10.7. The molecular formula is C10H10O3S. The highest BCUT2D eigenvalue weighted by Crippen LogP contribution is 2.38. The van der Waals surface area contributed by atoms with Gasteiger partial charge in [-0.15, -0.1) is 11.3 Å². The van der Waals surface area contributed by atoms with Crippen molar-refractivity contribution in [3.8, 4) is 11.5 Å². The lowest BCUT2D eigenvalue weighted by Gasteiger charge is -1.98. The fourth-order valence-corrected chi connectivity index (χ4v) is 2.29. The van der Waals surface area contributed by atoms with Crippen LogP contribution in [0.25, 0.3) is 10.1 Å². The summed E-state index contributed by atoms with van der Waals surface area (Å²) in [6, 6.07) is 5.47. The van der Waals surface area contributed by atoms with Crippen LogP contribution >= 0.6 is 11.3 Å². The summed E-state index contributed by atoms with van der Waals surface area (Å²) in [4.78, 5) is 0.591. The summed E-state index contributed by atoms with van der Waals surface area (Å²) < 4.78 is 6.00. The maximum absolute atomic E-state index is 9.70. The first-order chi connectivity index (χ1) is 6.76. The third-order valence-electron chi connectivity index (χ3n) is 2.08. The second-order valence-electron chi connectivity index (χ2n) is 2.89. The average Bonchev–Trinajstić information content (AvgIpc) is 2.55. The maximum atomic E-state index is 9.70. The molecule has 2 N–H and O–H groups in total. The van der Waals surface area contributed by atoms with E-state index in [2.05, 4.69) is 0 Å². The molecule has 0 fully saturated rings. The van der Waals surface area contributed by atoms with Gasteiger partial charge in [-0.1, -0.05) is 0 Å². The zero-order valence-electron chi connectivity index (χ0n) is 7.65. The van der Waals surface area contributed by atoms with Crippen molar-refractivity contribution >= 4 is 21.4 Å². The van der Waals surface area contributed by atoms with Crippen LogP contribution in [0.4, 0.5) is 0 Å². The summed E-state index contributed by atoms with van der Waals surface area (Å²) in [7, 11) is 1.58. The number of ether oxygens (including phenoxy) is 1. The van der Waals surface area contributed by atoms with Gasteiger partial charge in [0, 0.05) is 10.1 Å². The Labute approximate surface area is 85.2 Å². The van der Waals surface area contributed by atoms with Gasteiger partial charge < -0.3 is 14.9 Å². The molecule has 3 nitrogen and oxygen atoms in total. The van der Waals surface area contributed by atoms with E-state index in [-0.39, 0.29) is 12.4 Å². The standard InChI is InChI=1S/C10H10O3S/c1-13-6-2-3-8-7(4-6)10(12)9(5-11)14-8/h2-4,11-12H,5H2,1H3. The molecule has 0 unspecified atom stereocenters. The number of aliphatic hydroxyl groups excluding tert-OH is 1. The molecule has 0 aliphatic rings. The van der Waals surface area contributed by atoms with E-state index < -0.39 is 0 Å². The van der Waals surface area contributed by atoms with Crippen molar-refractivity contribution in [1.82, 2.24) is 0 Å². The van der Waals surface area contributed by atoms with Crippen LogP contribution in [0.3, 0.4) is 0 Å². The highest BCUT2D eigenvalue weighted by Gasteiger charge is 2.10. The largest absolute Gasteiger partial charge is 0.506 e. The first kappa shape index (κ1) is 9.30. The van der Waals surface area contributed by atoms with Gasteiger partial charge in [0.25, 0.3) is 0 Å². The Hall–Kier alpha value is -1.26. The van der Waals surface area contributed by atoms with Gasteiger partial charge in [0.1, 0.15) is 11.5 Å². The molecule has 1 heterocycles. The van der Waals surface area contributed by atoms with Crippen molar-refractivity contribution in [2.24, 2.45) is 0 Å². The van der Waals surface area contributed by atoms with Gasteiger partial charge in [0.2, 0.25) is 0 Å². The molecule has 0 saturated carbocycles. The number of rotatable bonds is 2. The van der Waals surface area contributed by atoms with Crippen LogP contribution in [0, 0.1) is 0 Å². The predicted octanol–water partition coefficient (Wildman–Crippen LogP) is 2.11. The van der Waals surface area contributed by atoms with Crippen molar-refractivity contribution in [2.45, 2.75) is 6.61 Å². The molecule has 1 aromatic heterocycles. The molecule has 14 heavy (non-hydrogen) atoms. The van der Waals surface area contributed by atoms with Gasteiger partial charge in [-0.25, -0.2) is 0 Å². The van der Waals surface area contributed by atoms with Gasteiger partial charge in [0.05, 0.1) is 18.6 Å². The average molecular weight is 210 g/mol. The SMILES string of the molecule is COc1ccc2sc(CO)c(O)c2c1.